The van der Waals surface area contributed by atoms with Gasteiger partial charge in [-0.25, -0.2) is 13.2 Å². The Morgan fingerprint density at radius 1 is 1.21 bits per heavy atom. The molecule has 0 aliphatic heterocycles. The number of anilines is 1. The fraction of sp³-hybridized carbons (Fsp3) is 0.158. The number of aromatic nitrogens is 2. The lowest BCUT2D eigenvalue weighted by Crippen LogP contribution is -2.16. The van der Waals surface area contributed by atoms with Crippen LogP contribution in [0.5, 0.6) is 0 Å². The van der Waals surface area contributed by atoms with Gasteiger partial charge in [-0.15, -0.1) is 0 Å². The van der Waals surface area contributed by atoms with Gasteiger partial charge >= 0.3 is 5.97 Å². The van der Waals surface area contributed by atoms with Gasteiger partial charge in [0.1, 0.15) is 4.90 Å². The van der Waals surface area contributed by atoms with Gasteiger partial charge in [0, 0.05) is 16.9 Å². The number of nitrogens with zero attached hydrogens (tertiary/aromatic N) is 2. The SMILES string of the molecule is CCOC(=O)c1ccc(S(=O)(=O)Nc2ccccc2Cn2cccn2)c(Br)c1. The number of hydrogen-bond donors (Lipinski definition) is 1. The highest BCUT2D eigenvalue weighted by Crippen LogP contribution is 2.27. The van der Waals surface area contributed by atoms with Gasteiger partial charge < -0.3 is 4.74 Å². The summed E-state index contributed by atoms with van der Waals surface area (Å²) in [5.74, 6) is -0.510. The summed E-state index contributed by atoms with van der Waals surface area (Å²) >= 11 is 3.24. The minimum atomic E-state index is -3.88. The molecule has 0 saturated heterocycles. The van der Waals surface area contributed by atoms with E-state index in [1.165, 1.54) is 18.2 Å². The van der Waals surface area contributed by atoms with Gasteiger partial charge in [-0.05, 0) is 58.7 Å². The van der Waals surface area contributed by atoms with Gasteiger partial charge in [-0.2, -0.15) is 5.10 Å². The van der Waals surface area contributed by atoms with Crippen molar-refractivity contribution in [1.82, 2.24) is 9.78 Å². The monoisotopic (exact) mass is 463 g/mol. The Labute approximate surface area is 171 Å². The van der Waals surface area contributed by atoms with E-state index in [0.717, 1.165) is 5.56 Å². The molecule has 0 aliphatic rings. The summed E-state index contributed by atoms with van der Waals surface area (Å²) in [7, 11) is -3.88. The highest BCUT2D eigenvalue weighted by Gasteiger charge is 2.21. The van der Waals surface area contributed by atoms with Crippen LogP contribution in [0.1, 0.15) is 22.8 Å². The third kappa shape index (κ3) is 4.60. The molecule has 1 N–H and O–H groups in total. The lowest BCUT2D eigenvalue weighted by molar-refractivity contribution is 0.0526. The Bertz CT molecular complexity index is 1080. The molecule has 0 saturated carbocycles. The van der Waals surface area contributed by atoms with Crippen LogP contribution in [0.15, 0.2) is 70.3 Å². The van der Waals surface area contributed by atoms with E-state index in [-0.39, 0.29) is 21.5 Å². The number of rotatable bonds is 7. The zero-order chi connectivity index (χ0) is 20.1. The van der Waals surface area contributed by atoms with Crippen molar-refractivity contribution >= 4 is 37.6 Å². The number of carbonyl (C=O) groups excluding carboxylic acids is 1. The van der Waals surface area contributed by atoms with E-state index in [9.17, 15) is 13.2 Å². The van der Waals surface area contributed by atoms with E-state index >= 15 is 0 Å². The Morgan fingerprint density at radius 3 is 2.68 bits per heavy atom. The highest BCUT2D eigenvalue weighted by atomic mass is 79.9. The number of halogens is 1. The standard InChI is InChI=1S/C19H18BrN3O4S/c1-2-27-19(24)14-8-9-18(16(20)12-14)28(25,26)22-17-7-4-3-6-15(17)13-23-11-5-10-21-23/h3-12,22H,2,13H2,1H3. The van der Waals surface area contributed by atoms with Crippen molar-refractivity contribution < 1.29 is 17.9 Å². The molecule has 0 atom stereocenters. The van der Waals surface area contributed by atoms with Gasteiger partial charge in [0.2, 0.25) is 0 Å². The first-order chi connectivity index (χ1) is 13.4. The number of sulfonamides is 1. The van der Waals surface area contributed by atoms with Gasteiger partial charge in [-0.1, -0.05) is 18.2 Å². The van der Waals surface area contributed by atoms with Crippen molar-refractivity contribution in [2.75, 3.05) is 11.3 Å². The zero-order valence-electron chi connectivity index (χ0n) is 15.0. The van der Waals surface area contributed by atoms with Crippen LogP contribution in [0, 0.1) is 0 Å². The lowest BCUT2D eigenvalue weighted by Gasteiger charge is -2.14. The second-order valence-corrected chi connectivity index (χ2v) is 8.34. The normalized spacial score (nSPS) is 11.2. The molecule has 0 radical (unpaired) electrons. The van der Waals surface area contributed by atoms with E-state index in [2.05, 4.69) is 25.8 Å². The predicted molar refractivity (Wildman–Crippen MR) is 109 cm³/mol. The maximum absolute atomic E-state index is 12.9. The summed E-state index contributed by atoms with van der Waals surface area (Å²) in [4.78, 5) is 11.9. The van der Waals surface area contributed by atoms with Crippen LogP contribution in [0.25, 0.3) is 0 Å². The Balaban J connectivity index is 1.88. The molecule has 9 heteroatoms. The van der Waals surface area contributed by atoms with Crippen molar-refractivity contribution in [3.8, 4) is 0 Å². The van der Waals surface area contributed by atoms with Crippen LogP contribution in [-0.4, -0.2) is 30.8 Å². The molecule has 0 bridgehead atoms. The topological polar surface area (TPSA) is 90.3 Å². The average molecular weight is 464 g/mol. The summed E-state index contributed by atoms with van der Waals surface area (Å²) in [5, 5.41) is 4.15. The number of ether oxygens (including phenoxy) is 1. The first kappa shape index (κ1) is 20.1. The van der Waals surface area contributed by atoms with E-state index in [0.29, 0.717) is 12.2 Å². The number of esters is 1. The molecular weight excluding hydrogens is 446 g/mol. The van der Waals surface area contributed by atoms with Crippen molar-refractivity contribution in [2.45, 2.75) is 18.4 Å². The third-order valence-corrected chi connectivity index (χ3v) is 6.23. The molecule has 3 rings (SSSR count). The Kier molecular flexibility index (Phi) is 6.15. The molecule has 0 aliphatic carbocycles. The van der Waals surface area contributed by atoms with Gasteiger partial charge in [0.05, 0.1) is 24.4 Å². The molecule has 1 aromatic heterocycles. The molecule has 146 valence electrons. The maximum atomic E-state index is 12.9. The number of para-hydroxylation sites is 1. The fourth-order valence-electron chi connectivity index (χ4n) is 2.59. The number of hydrogen-bond acceptors (Lipinski definition) is 5. The molecule has 0 fully saturated rings. The van der Waals surface area contributed by atoms with Gasteiger partial charge in [0.15, 0.2) is 0 Å². The summed E-state index contributed by atoms with van der Waals surface area (Å²) in [5.41, 5.74) is 1.50. The molecule has 3 aromatic rings. The average Bonchev–Trinajstić information content (AvgIpc) is 3.16. The number of carbonyl (C=O) groups is 1. The summed E-state index contributed by atoms with van der Waals surface area (Å²) in [6, 6.07) is 13.1. The molecule has 0 unspecified atom stereocenters. The summed E-state index contributed by atoms with van der Waals surface area (Å²) < 4.78 is 35.3. The third-order valence-electron chi connectivity index (χ3n) is 3.89. The molecule has 1 heterocycles. The highest BCUT2D eigenvalue weighted by molar-refractivity contribution is 9.10. The van der Waals surface area contributed by atoms with Crippen LogP contribution in [0.4, 0.5) is 5.69 Å². The van der Waals surface area contributed by atoms with Crippen LogP contribution in [0.2, 0.25) is 0 Å². The molecule has 0 spiro atoms. The quantitative estimate of drug-likeness (QED) is 0.539. The number of benzene rings is 2. The van der Waals surface area contributed by atoms with E-state index in [4.69, 9.17) is 4.74 Å². The van der Waals surface area contributed by atoms with E-state index in [1.54, 1.807) is 42.2 Å². The number of nitrogens with one attached hydrogen (secondary N) is 1. The van der Waals surface area contributed by atoms with Crippen LogP contribution >= 0.6 is 15.9 Å². The Morgan fingerprint density at radius 2 is 2.00 bits per heavy atom. The first-order valence-electron chi connectivity index (χ1n) is 8.45. The molecular formula is C19H18BrN3O4S. The predicted octanol–water partition coefficient (Wildman–Crippen LogP) is 3.67. The van der Waals surface area contributed by atoms with E-state index in [1.807, 2.05) is 12.1 Å². The maximum Gasteiger partial charge on any atom is 0.338 e. The van der Waals surface area contributed by atoms with Crippen molar-refractivity contribution in [2.24, 2.45) is 0 Å². The minimum Gasteiger partial charge on any atom is -0.462 e. The van der Waals surface area contributed by atoms with Crippen LogP contribution < -0.4 is 4.72 Å². The van der Waals surface area contributed by atoms with E-state index < -0.39 is 16.0 Å². The second kappa shape index (κ2) is 8.57. The minimum absolute atomic E-state index is 0.0226. The molecule has 7 nitrogen and oxygen atoms in total. The smallest absolute Gasteiger partial charge is 0.338 e. The summed E-state index contributed by atoms with van der Waals surface area (Å²) in [6.07, 6.45) is 3.46. The molecule has 28 heavy (non-hydrogen) atoms. The molecule has 0 amide bonds. The first-order valence-corrected chi connectivity index (χ1v) is 10.7. The van der Waals surface area contributed by atoms with Crippen molar-refractivity contribution in [3.05, 3.63) is 76.5 Å². The zero-order valence-corrected chi connectivity index (χ0v) is 17.4. The fourth-order valence-corrected chi connectivity index (χ4v) is 4.77. The summed E-state index contributed by atoms with van der Waals surface area (Å²) in [6.45, 7) is 2.37. The lowest BCUT2D eigenvalue weighted by atomic mass is 10.2. The van der Waals surface area contributed by atoms with Crippen molar-refractivity contribution in [1.29, 1.82) is 0 Å². The Hall–Kier alpha value is -2.65. The van der Waals surface area contributed by atoms with Crippen LogP contribution in [-0.2, 0) is 21.3 Å². The van der Waals surface area contributed by atoms with Crippen molar-refractivity contribution in [3.63, 3.8) is 0 Å². The van der Waals surface area contributed by atoms with Gasteiger partial charge in [0.25, 0.3) is 10.0 Å². The van der Waals surface area contributed by atoms with Crippen LogP contribution in [0.3, 0.4) is 0 Å². The largest absolute Gasteiger partial charge is 0.462 e. The molecule has 2 aromatic carbocycles. The second-order valence-electron chi connectivity index (χ2n) is 5.83. The van der Waals surface area contributed by atoms with Gasteiger partial charge in [-0.3, -0.25) is 9.40 Å².